The summed E-state index contributed by atoms with van der Waals surface area (Å²) in [4.78, 5) is 12.2. The molecule has 0 bridgehead atoms. The van der Waals surface area contributed by atoms with Crippen molar-refractivity contribution in [3.63, 3.8) is 0 Å². The minimum atomic E-state index is -0.321. The third kappa shape index (κ3) is 3.47. The zero-order chi connectivity index (χ0) is 14.9. The summed E-state index contributed by atoms with van der Waals surface area (Å²) in [6, 6.07) is 8.38. The first-order valence-electron chi connectivity index (χ1n) is 5.39. The number of rotatable bonds is 2. The van der Waals surface area contributed by atoms with Crippen LogP contribution in [0.5, 0.6) is 0 Å². The molecule has 104 valence electrons. The number of halogens is 4. The van der Waals surface area contributed by atoms with Crippen molar-refractivity contribution in [2.75, 3.05) is 11.1 Å². The topological polar surface area (TPSA) is 55.1 Å². The predicted octanol–water partition coefficient (Wildman–Crippen LogP) is 5.35. The van der Waals surface area contributed by atoms with Crippen LogP contribution in [0.2, 0.25) is 10.0 Å². The Morgan fingerprint density at radius 3 is 2.45 bits per heavy atom. The highest BCUT2D eigenvalue weighted by Crippen LogP contribution is 2.30. The third-order valence-corrected chi connectivity index (χ3v) is 4.46. The Morgan fingerprint density at radius 2 is 1.85 bits per heavy atom. The van der Waals surface area contributed by atoms with Gasteiger partial charge in [-0.2, -0.15) is 0 Å². The lowest BCUT2D eigenvalue weighted by atomic mass is 10.2. The van der Waals surface area contributed by atoms with E-state index >= 15 is 0 Å². The van der Waals surface area contributed by atoms with Crippen molar-refractivity contribution in [2.45, 2.75) is 0 Å². The quantitative estimate of drug-likeness (QED) is 0.621. The van der Waals surface area contributed by atoms with Gasteiger partial charge < -0.3 is 11.1 Å². The van der Waals surface area contributed by atoms with Crippen LogP contribution >= 0.6 is 55.1 Å². The van der Waals surface area contributed by atoms with Crippen LogP contribution in [0.4, 0.5) is 11.4 Å². The van der Waals surface area contributed by atoms with Crippen LogP contribution < -0.4 is 11.1 Å². The summed E-state index contributed by atoms with van der Waals surface area (Å²) in [5.74, 6) is -0.321. The fourth-order valence-electron chi connectivity index (χ4n) is 1.53. The molecule has 0 heterocycles. The SMILES string of the molecule is Nc1cc(C(=O)Nc2ccc(Br)cc2Br)cc(Cl)c1Cl. The molecule has 3 N–H and O–H groups in total. The van der Waals surface area contributed by atoms with Crippen LogP contribution in [-0.4, -0.2) is 5.91 Å². The zero-order valence-corrected chi connectivity index (χ0v) is 14.6. The summed E-state index contributed by atoms with van der Waals surface area (Å²) in [5.41, 5.74) is 6.93. The van der Waals surface area contributed by atoms with Gasteiger partial charge in [0.25, 0.3) is 5.91 Å². The van der Waals surface area contributed by atoms with Gasteiger partial charge in [0.05, 0.1) is 21.4 Å². The molecule has 0 fully saturated rings. The van der Waals surface area contributed by atoms with E-state index in [1.807, 2.05) is 12.1 Å². The summed E-state index contributed by atoms with van der Waals surface area (Å²) in [6.07, 6.45) is 0. The Hall–Kier alpha value is -0.750. The second kappa shape index (κ2) is 6.35. The fourth-order valence-corrected chi connectivity index (χ4v) is 3.01. The lowest BCUT2D eigenvalue weighted by molar-refractivity contribution is 0.102. The van der Waals surface area contributed by atoms with Crippen molar-refractivity contribution >= 4 is 72.3 Å². The summed E-state index contributed by atoms with van der Waals surface area (Å²) >= 11 is 18.5. The van der Waals surface area contributed by atoms with Crippen LogP contribution in [0.3, 0.4) is 0 Å². The highest BCUT2D eigenvalue weighted by atomic mass is 79.9. The summed E-state index contributed by atoms with van der Waals surface area (Å²) in [6.45, 7) is 0. The van der Waals surface area contributed by atoms with E-state index in [0.29, 0.717) is 11.3 Å². The van der Waals surface area contributed by atoms with Gasteiger partial charge in [-0.05, 0) is 46.3 Å². The van der Waals surface area contributed by atoms with E-state index in [2.05, 4.69) is 37.2 Å². The second-order valence-electron chi connectivity index (χ2n) is 3.94. The van der Waals surface area contributed by atoms with Gasteiger partial charge in [-0.3, -0.25) is 4.79 Å². The summed E-state index contributed by atoms with van der Waals surface area (Å²) in [5, 5.41) is 3.25. The number of hydrogen-bond donors (Lipinski definition) is 2. The monoisotopic (exact) mass is 436 g/mol. The van der Waals surface area contributed by atoms with Crippen molar-refractivity contribution in [3.8, 4) is 0 Å². The first-order valence-corrected chi connectivity index (χ1v) is 7.73. The van der Waals surface area contributed by atoms with Crippen molar-refractivity contribution < 1.29 is 4.79 Å². The molecule has 0 unspecified atom stereocenters. The molecule has 0 spiro atoms. The molecule has 0 saturated heterocycles. The molecule has 2 aromatic carbocycles. The molecule has 0 aliphatic carbocycles. The van der Waals surface area contributed by atoms with E-state index in [9.17, 15) is 4.79 Å². The molecule has 0 aromatic heterocycles. The average Bonchev–Trinajstić information content (AvgIpc) is 2.38. The van der Waals surface area contributed by atoms with Gasteiger partial charge in [0, 0.05) is 14.5 Å². The van der Waals surface area contributed by atoms with Crippen molar-refractivity contribution in [1.29, 1.82) is 0 Å². The van der Waals surface area contributed by atoms with E-state index < -0.39 is 0 Å². The number of anilines is 2. The Labute approximate surface area is 142 Å². The number of nitrogens with one attached hydrogen (secondary N) is 1. The number of nitrogens with two attached hydrogens (primary N) is 1. The number of nitrogen functional groups attached to an aromatic ring is 1. The third-order valence-electron chi connectivity index (χ3n) is 2.50. The van der Waals surface area contributed by atoms with Gasteiger partial charge in [-0.25, -0.2) is 0 Å². The maximum atomic E-state index is 12.2. The first kappa shape index (κ1) is 15.6. The lowest BCUT2D eigenvalue weighted by Gasteiger charge is -2.09. The Bertz CT molecular complexity index is 669. The van der Waals surface area contributed by atoms with Gasteiger partial charge in [-0.1, -0.05) is 39.1 Å². The van der Waals surface area contributed by atoms with Gasteiger partial charge in [0.15, 0.2) is 0 Å². The molecule has 2 rings (SSSR count). The molecule has 0 atom stereocenters. The fraction of sp³-hybridized carbons (Fsp3) is 0. The number of benzene rings is 2. The van der Waals surface area contributed by atoms with Crippen molar-refractivity contribution in [1.82, 2.24) is 0 Å². The van der Waals surface area contributed by atoms with Gasteiger partial charge >= 0.3 is 0 Å². The van der Waals surface area contributed by atoms with Crippen LogP contribution in [0.25, 0.3) is 0 Å². The maximum absolute atomic E-state index is 12.2. The van der Waals surface area contributed by atoms with Crippen molar-refractivity contribution in [3.05, 3.63) is 54.9 Å². The van der Waals surface area contributed by atoms with Crippen LogP contribution in [0.1, 0.15) is 10.4 Å². The standard InChI is InChI=1S/C13H8Br2Cl2N2O/c14-7-1-2-11(8(15)5-7)19-13(20)6-3-9(16)12(17)10(18)4-6/h1-5H,18H2,(H,19,20). The molecular formula is C13H8Br2Cl2N2O. The molecule has 3 nitrogen and oxygen atoms in total. The van der Waals surface area contributed by atoms with E-state index in [1.165, 1.54) is 12.1 Å². The summed E-state index contributed by atoms with van der Waals surface area (Å²) in [7, 11) is 0. The van der Waals surface area contributed by atoms with Gasteiger partial charge in [-0.15, -0.1) is 0 Å². The molecule has 0 aliphatic heterocycles. The average molecular weight is 439 g/mol. The number of hydrogen-bond acceptors (Lipinski definition) is 2. The smallest absolute Gasteiger partial charge is 0.255 e. The molecule has 2 aromatic rings. The minimum absolute atomic E-state index is 0.242. The Balaban J connectivity index is 2.28. The largest absolute Gasteiger partial charge is 0.397 e. The van der Waals surface area contributed by atoms with Crippen LogP contribution in [0, 0.1) is 0 Å². The normalized spacial score (nSPS) is 10.4. The lowest BCUT2D eigenvalue weighted by Crippen LogP contribution is -2.12. The zero-order valence-electron chi connectivity index (χ0n) is 9.88. The second-order valence-corrected chi connectivity index (χ2v) is 6.49. The Kier molecular flexibility index (Phi) is 4.96. The molecule has 1 amide bonds. The molecule has 7 heteroatoms. The first-order chi connectivity index (χ1) is 9.38. The predicted molar refractivity (Wildman–Crippen MR) is 90.7 cm³/mol. The number of carbonyl (C=O) groups is 1. The maximum Gasteiger partial charge on any atom is 0.255 e. The number of carbonyl (C=O) groups excluding carboxylic acids is 1. The van der Waals surface area contributed by atoms with E-state index in [4.69, 9.17) is 28.9 Å². The van der Waals surface area contributed by atoms with Crippen LogP contribution in [0.15, 0.2) is 39.3 Å². The molecular weight excluding hydrogens is 431 g/mol. The summed E-state index contributed by atoms with van der Waals surface area (Å²) < 4.78 is 1.66. The van der Waals surface area contributed by atoms with E-state index in [0.717, 1.165) is 8.95 Å². The highest BCUT2D eigenvalue weighted by molar-refractivity contribution is 9.11. The van der Waals surface area contributed by atoms with E-state index in [-0.39, 0.29) is 21.6 Å². The molecule has 0 radical (unpaired) electrons. The molecule has 0 saturated carbocycles. The van der Waals surface area contributed by atoms with Gasteiger partial charge in [0.2, 0.25) is 0 Å². The van der Waals surface area contributed by atoms with Crippen LogP contribution in [-0.2, 0) is 0 Å². The number of amides is 1. The minimum Gasteiger partial charge on any atom is -0.397 e. The van der Waals surface area contributed by atoms with E-state index in [1.54, 1.807) is 6.07 Å². The molecule has 0 aliphatic rings. The molecule has 20 heavy (non-hydrogen) atoms. The Morgan fingerprint density at radius 1 is 1.15 bits per heavy atom. The highest BCUT2D eigenvalue weighted by Gasteiger charge is 2.12. The van der Waals surface area contributed by atoms with Gasteiger partial charge in [0.1, 0.15) is 0 Å². The van der Waals surface area contributed by atoms with Crippen molar-refractivity contribution in [2.24, 2.45) is 0 Å².